The Morgan fingerprint density at radius 1 is 1.08 bits per heavy atom. The lowest BCUT2D eigenvalue weighted by Crippen LogP contribution is -2.39. The van der Waals surface area contributed by atoms with Crippen molar-refractivity contribution in [2.24, 2.45) is 0 Å². The van der Waals surface area contributed by atoms with E-state index in [1.807, 2.05) is 30.3 Å². The SMILES string of the molecule is O=C(Nc1ccc(F)cc1F)NC(CN1CCCC1)c1ccccc1. The third-order valence-electron chi connectivity index (χ3n) is 4.33. The van der Waals surface area contributed by atoms with Crippen molar-refractivity contribution in [2.45, 2.75) is 18.9 Å². The van der Waals surface area contributed by atoms with Gasteiger partial charge in [0.1, 0.15) is 11.6 Å². The van der Waals surface area contributed by atoms with Crippen LogP contribution in [0.15, 0.2) is 48.5 Å². The van der Waals surface area contributed by atoms with E-state index < -0.39 is 17.7 Å². The highest BCUT2D eigenvalue weighted by atomic mass is 19.1. The molecule has 2 aromatic rings. The predicted molar refractivity (Wildman–Crippen MR) is 93.4 cm³/mol. The molecule has 1 unspecified atom stereocenters. The molecular formula is C19H21F2N3O. The first-order valence-corrected chi connectivity index (χ1v) is 8.42. The standard InChI is InChI=1S/C19H21F2N3O/c20-15-8-9-17(16(21)12-15)22-19(25)23-18(13-24-10-4-5-11-24)14-6-2-1-3-7-14/h1-3,6-9,12,18H,4-5,10-11,13H2,(H2,22,23,25). The minimum absolute atomic E-state index is 0.0492. The van der Waals surface area contributed by atoms with Crippen molar-refractivity contribution < 1.29 is 13.6 Å². The third kappa shape index (κ3) is 4.76. The van der Waals surface area contributed by atoms with Gasteiger partial charge in [0, 0.05) is 12.6 Å². The molecule has 1 aliphatic rings. The number of halogens is 2. The minimum Gasteiger partial charge on any atom is -0.330 e. The smallest absolute Gasteiger partial charge is 0.319 e. The molecule has 2 aromatic carbocycles. The molecule has 0 bridgehead atoms. The molecule has 3 rings (SSSR count). The molecule has 0 spiro atoms. The molecule has 132 valence electrons. The van der Waals surface area contributed by atoms with Gasteiger partial charge < -0.3 is 15.5 Å². The van der Waals surface area contributed by atoms with Crippen LogP contribution in [0.2, 0.25) is 0 Å². The van der Waals surface area contributed by atoms with Gasteiger partial charge in [-0.15, -0.1) is 0 Å². The second-order valence-corrected chi connectivity index (χ2v) is 6.19. The lowest BCUT2D eigenvalue weighted by atomic mass is 10.1. The fourth-order valence-corrected chi connectivity index (χ4v) is 3.05. The molecule has 1 heterocycles. The van der Waals surface area contributed by atoms with Gasteiger partial charge in [0.05, 0.1) is 11.7 Å². The maximum atomic E-state index is 13.7. The second kappa shape index (κ2) is 8.07. The molecule has 2 amide bonds. The number of likely N-dealkylation sites (tertiary alicyclic amines) is 1. The first-order valence-electron chi connectivity index (χ1n) is 8.42. The Hall–Kier alpha value is -2.47. The number of benzene rings is 2. The average molecular weight is 345 g/mol. The minimum atomic E-state index is -0.800. The van der Waals surface area contributed by atoms with Crippen LogP contribution in [-0.2, 0) is 0 Å². The van der Waals surface area contributed by atoms with Crippen LogP contribution in [-0.4, -0.2) is 30.6 Å². The van der Waals surface area contributed by atoms with Crippen LogP contribution in [0.25, 0.3) is 0 Å². The lowest BCUT2D eigenvalue weighted by Gasteiger charge is -2.25. The Bertz CT molecular complexity index is 718. The largest absolute Gasteiger partial charge is 0.330 e. The summed E-state index contributed by atoms with van der Waals surface area (Å²) in [5.74, 6) is -1.48. The number of nitrogens with zero attached hydrogens (tertiary/aromatic N) is 1. The van der Waals surface area contributed by atoms with Gasteiger partial charge in [-0.3, -0.25) is 0 Å². The molecule has 0 saturated carbocycles. The van der Waals surface area contributed by atoms with Crippen LogP contribution >= 0.6 is 0 Å². The fraction of sp³-hybridized carbons (Fsp3) is 0.316. The van der Waals surface area contributed by atoms with Gasteiger partial charge >= 0.3 is 6.03 Å². The van der Waals surface area contributed by atoms with Gasteiger partial charge in [-0.05, 0) is 43.6 Å². The Balaban J connectivity index is 1.69. The first-order chi connectivity index (χ1) is 12.1. The molecule has 6 heteroatoms. The van der Waals surface area contributed by atoms with E-state index in [-0.39, 0.29) is 11.7 Å². The predicted octanol–water partition coefficient (Wildman–Crippen LogP) is 3.92. The summed E-state index contributed by atoms with van der Waals surface area (Å²) in [5.41, 5.74) is 0.941. The van der Waals surface area contributed by atoms with E-state index in [1.54, 1.807) is 0 Å². The van der Waals surface area contributed by atoms with Crippen molar-refractivity contribution in [3.63, 3.8) is 0 Å². The average Bonchev–Trinajstić information content (AvgIpc) is 3.11. The highest BCUT2D eigenvalue weighted by Gasteiger charge is 2.21. The van der Waals surface area contributed by atoms with Crippen molar-refractivity contribution in [2.75, 3.05) is 25.0 Å². The van der Waals surface area contributed by atoms with Gasteiger partial charge in [-0.2, -0.15) is 0 Å². The highest BCUT2D eigenvalue weighted by molar-refractivity contribution is 5.89. The molecule has 0 aromatic heterocycles. The molecular weight excluding hydrogens is 324 g/mol. The zero-order valence-electron chi connectivity index (χ0n) is 13.8. The van der Waals surface area contributed by atoms with Gasteiger partial charge in [-0.25, -0.2) is 13.6 Å². The van der Waals surface area contributed by atoms with E-state index in [1.165, 1.54) is 6.07 Å². The van der Waals surface area contributed by atoms with Gasteiger partial charge in [-0.1, -0.05) is 30.3 Å². The highest BCUT2D eigenvalue weighted by Crippen LogP contribution is 2.19. The topological polar surface area (TPSA) is 44.4 Å². The zero-order valence-corrected chi connectivity index (χ0v) is 13.8. The number of urea groups is 1. The van der Waals surface area contributed by atoms with Crippen molar-refractivity contribution >= 4 is 11.7 Å². The molecule has 0 aliphatic carbocycles. The molecule has 1 aliphatic heterocycles. The normalized spacial score (nSPS) is 15.8. The summed E-state index contributed by atoms with van der Waals surface area (Å²) >= 11 is 0. The Labute approximate surface area is 145 Å². The van der Waals surface area contributed by atoms with Crippen LogP contribution in [0, 0.1) is 11.6 Å². The van der Waals surface area contributed by atoms with E-state index in [0.717, 1.165) is 43.6 Å². The van der Waals surface area contributed by atoms with Crippen molar-refractivity contribution in [3.8, 4) is 0 Å². The maximum absolute atomic E-state index is 13.7. The number of anilines is 1. The third-order valence-corrected chi connectivity index (χ3v) is 4.33. The summed E-state index contributed by atoms with van der Waals surface area (Å²) in [4.78, 5) is 14.6. The zero-order chi connectivity index (χ0) is 17.6. The fourth-order valence-electron chi connectivity index (χ4n) is 3.05. The summed E-state index contributed by atoms with van der Waals surface area (Å²) in [7, 11) is 0. The Kier molecular flexibility index (Phi) is 5.60. The van der Waals surface area contributed by atoms with Crippen molar-refractivity contribution in [1.29, 1.82) is 0 Å². The Morgan fingerprint density at radius 3 is 2.48 bits per heavy atom. The van der Waals surface area contributed by atoms with Crippen LogP contribution < -0.4 is 10.6 Å². The number of rotatable bonds is 5. The van der Waals surface area contributed by atoms with E-state index in [2.05, 4.69) is 15.5 Å². The molecule has 25 heavy (non-hydrogen) atoms. The molecule has 4 nitrogen and oxygen atoms in total. The number of hydrogen-bond acceptors (Lipinski definition) is 2. The van der Waals surface area contributed by atoms with Gasteiger partial charge in [0.25, 0.3) is 0 Å². The maximum Gasteiger partial charge on any atom is 0.319 e. The van der Waals surface area contributed by atoms with Crippen LogP contribution in [0.3, 0.4) is 0 Å². The van der Waals surface area contributed by atoms with Crippen molar-refractivity contribution in [3.05, 3.63) is 65.7 Å². The van der Waals surface area contributed by atoms with Gasteiger partial charge in [0.2, 0.25) is 0 Å². The Morgan fingerprint density at radius 2 is 1.80 bits per heavy atom. The molecule has 1 fully saturated rings. The molecule has 2 N–H and O–H groups in total. The monoisotopic (exact) mass is 345 g/mol. The van der Waals surface area contributed by atoms with Crippen LogP contribution in [0.4, 0.5) is 19.3 Å². The van der Waals surface area contributed by atoms with Gasteiger partial charge in [0.15, 0.2) is 0 Å². The lowest BCUT2D eigenvalue weighted by molar-refractivity contribution is 0.240. The van der Waals surface area contributed by atoms with Crippen LogP contribution in [0.5, 0.6) is 0 Å². The quantitative estimate of drug-likeness (QED) is 0.863. The van der Waals surface area contributed by atoms with E-state index in [4.69, 9.17) is 0 Å². The van der Waals surface area contributed by atoms with E-state index >= 15 is 0 Å². The summed E-state index contributed by atoms with van der Waals surface area (Å²) < 4.78 is 26.7. The van der Waals surface area contributed by atoms with E-state index in [0.29, 0.717) is 6.54 Å². The summed E-state index contributed by atoms with van der Waals surface area (Å²) in [6, 6.07) is 12.0. The van der Waals surface area contributed by atoms with E-state index in [9.17, 15) is 13.6 Å². The summed E-state index contributed by atoms with van der Waals surface area (Å²) in [6.45, 7) is 2.72. The molecule has 0 radical (unpaired) electrons. The molecule has 1 saturated heterocycles. The first kappa shape index (κ1) is 17.4. The number of carbonyl (C=O) groups excluding carboxylic acids is 1. The number of carbonyl (C=O) groups is 1. The summed E-state index contributed by atoms with van der Waals surface area (Å²) in [6.07, 6.45) is 2.32. The number of nitrogens with one attached hydrogen (secondary N) is 2. The summed E-state index contributed by atoms with van der Waals surface area (Å²) in [5, 5.41) is 5.35. The number of hydrogen-bond donors (Lipinski definition) is 2. The molecule has 1 atom stereocenters. The second-order valence-electron chi connectivity index (χ2n) is 6.19. The van der Waals surface area contributed by atoms with Crippen molar-refractivity contribution in [1.82, 2.24) is 10.2 Å². The van der Waals surface area contributed by atoms with Crippen LogP contribution in [0.1, 0.15) is 24.4 Å². The number of amides is 2.